The first-order valence-corrected chi connectivity index (χ1v) is 9.98. The summed E-state index contributed by atoms with van der Waals surface area (Å²) in [6, 6.07) is 7.40. The quantitative estimate of drug-likeness (QED) is 0.691. The Morgan fingerprint density at radius 3 is 2.93 bits per heavy atom. The Labute approximate surface area is 169 Å². The first-order chi connectivity index (χ1) is 14.0. The number of nitrogens with zero attached hydrogens (tertiary/aromatic N) is 1. The number of ether oxygens (including phenoxy) is 1. The third-order valence-electron chi connectivity index (χ3n) is 5.64. The molecule has 6 nitrogen and oxygen atoms in total. The third kappa shape index (κ3) is 4.36. The summed E-state index contributed by atoms with van der Waals surface area (Å²) in [6.07, 6.45) is 7.37. The Kier molecular flexibility index (Phi) is 5.41. The molecule has 1 aliphatic heterocycles. The number of benzene rings is 1. The molecule has 3 N–H and O–H groups in total. The Bertz CT molecular complexity index is 970. The van der Waals surface area contributed by atoms with Crippen LogP contribution in [0.1, 0.15) is 59.5 Å². The molecule has 0 saturated heterocycles. The highest BCUT2D eigenvalue weighted by molar-refractivity contribution is 5.93. The molecular weight excluding hydrogens is 368 g/mol. The van der Waals surface area contributed by atoms with Crippen molar-refractivity contribution in [1.82, 2.24) is 4.98 Å². The normalized spacial score (nSPS) is 19.4. The molecule has 150 valence electrons. The van der Waals surface area contributed by atoms with Crippen LogP contribution in [0.5, 0.6) is 5.75 Å². The van der Waals surface area contributed by atoms with E-state index in [9.17, 15) is 15.0 Å². The van der Waals surface area contributed by atoms with Gasteiger partial charge in [0.25, 0.3) is 0 Å². The van der Waals surface area contributed by atoms with Gasteiger partial charge in [0, 0.05) is 24.2 Å². The van der Waals surface area contributed by atoms with E-state index in [1.165, 1.54) is 18.5 Å². The molecule has 1 aromatic heterocycles. The van der Waals surface area contributed by atoms with Gasteiger partial charge in [0.15, 0.2) is 0 Å². The molecule has 0 bridgehead atoms. The summed E-state index contributed by atoms with van der Waals surface area (Å²) in [4.78, 5) is 15.4. The Morgan fingerprint density at radius 2 is 2.14 bits per heavy atom. The minimum Gasteiger partial charge on any atom is -0.493 e. The molecule has 1 fully saturated rings. The number of carboxylic acid groups (broad SMARTS) is 1. The third-order valence-corrected chi connectivity index (χ3v) is 5.64. The molecule has 1 aromatic carbocycles. The van der Waals surface area contributed by atoms with Crippen LogP contribution >= 0.6 is 0 Å². The summed E-state index contributed by atoms with van der Waals surface area (Å²) in [5.74, 6) is 6.15. The molecule has 0 unspecified atom stereocenters. The Morgan fingerprint density at radius 1 is 1.31 bits per heavy atom. The van der Waals surface area contributed by atoms with Crippen molar-refractivity contribution in [2.45, 2.75) is 43.6 Å². The van der Waals surface area contributed by atoms with E-state index in [-0.39, 0.29) is 11.5 Å². The fraction of sp³-hybridized carbons (Fsp3) is 0.391. The molecule has 2 heterocycles. The summed E-state index contributed by atoms with van der Waals surface area (Å²) in [5.41, 5.74) is 1.78. The van der Waals surface area contributed by atoms with Crippen molar-refractivity contribution in [3.05, 3.63) is 53.3 Å². The number of fused-ring (bicyclic) bond motifs is 1. The van der Waals surface area contributed by atoms with Crippen molar-refractivity contribution in [3.8, 4) is 17.6 Å². The molecule has 0 spiro atoms. The standard InChI is InChI=1S/C23H24N2O4/c26-22(27)19-6-11-24-15-20(19)25-14-17-7-12-29-21-13-16(3-4-18(17)21)5-10-23(28)8-1-2-9-23/h3-4,6,11,13,15,17,25,28H,1-2,7-9,12,14H2,(H,26,27)/t17-/m1/s1. The number of pyridine rings is 1. The number of anilines is 1. The van der Waals surface area contributed by atoms with Gasteiger partial charge in [0.1, 0.15) is 11.4 Å². The monoisotopic (exact) mass is 392 g/mol. The highest BCUT2D eigenvalue weighted by atomic mass is 16.5. The fourth-order valence-corrected chi connectivity index (χ4v) is 3.98. The lowest BCUT2D eigenvalue weighted by Crippen LogP contribution is -2.22. The second-order valence-corrected chi connectivity index (χ2v) is 7.68. The summed E-state index contributed by atoms with van der Waals surface area (Å²) in [5, 5.41) is 23.0. The maximum Gasteiger partial charge on any atom is 0.337 e. The first kappa shape index (κ1) is 19.3. The highest BCUT2D eigenvalue weighted by Gasteiger charge is 2.28. The van der Waals surface area contributed by atoms with E-state index in [0.717, 1.165) is 49.0 Å². The van der Waals surface area contributed by atoms with E-state index in [2.05, 4.69) is 22.1 Å². The summed E-state index contributed by atoms with van der Waals surface area (Å²) in [7, 11) is 0. The number of aliphatic hydroxyl groups is 1. The van der Waals surface area contributed by atoms with Crippen molar-refractivity contribution >= 4 is 11.7 Å². The van der Waals surface area contributed by atoms with E-state index in [1.807, 2.05) is 18.2 Å². The van der Waals surface area contributed by atoms with Gasteiger partial charge in [-0.25, -0.2) is 4.79 Å². The lowest BCUT2D eigenvalue weighted by molar-refractivity contribution is 0.0697. The zero-order valence-corrected chi connectivity index (χ0v) is 16.1. The van der Waals surface area contributed by atoms with E-state index in [0.29, 0.717) is 18.8 Å². The number of aromatic carboxylic acids is 1. The van der Waals surface area contributed by atoms with Gasteiger partial charge < -0.3 is 20.3 Å². The molecule has 1 aliphatic carbocycles. The second kappa shape index (κ2) is 8.14. The van der Waals surface area contributed by atoms with Crippen LogP contribution in [0.3, 0.4) is 0 Å². The van der Waals surface area contributed by atoms with Gasteiger partial charge in [-0.05, 0) is 55.9 Å². The number of nitrogens with one attached hydrogen (secondary N) is 1. The van der Waals surface area contributed by atoms with E-state index in [1.54, 1.807) is 0 Å². The molecule has 1 saturated carbocycles. The van der Waals surface area contributed by atoms with Gasteiger partial charge in [-0.1, -0.05) is 17.9 Å². The van der Waals surface area contributed by atoms with Crippen LogP contribution in [0.15, 0.2) is 36.7 Å². The van der Waals surface area contributed by atoms with Gasteiger partial charge in [-0.15, -0.1) is 0 Å². The molecule has 1 atom stereocenters. The number of carboxylic acids is 1. The van der Waals surface area contributed by atoms with Gasteiger partial charge in [0.05, 0.1) is 24.1 Å². The summed E-state index contributed by atoms with van der Waals surface area (Å²) in [6.45, 7) is 1.19. The molecule has 29 heavy (non-hydrogen) atoms. The topological polar surface area (TPSA) is 91.7 Å². The van der Waals surface area contributed by atoms with Gasteiger partial charge in [0.2, 0.25) is 0 Å². The molecule has 4 rings (SSSR count). The van der Waals surface area contributed by atoms with Crippen LogP contribution in [0.2, 0.25) is 0 Å². The summed E-state index contributed by atoms with van der Waals surface area (Å²) >= 11 is 0. The average Bonchev–Trinajstić information content (AvgIpc) is 3.17. The SMILES string of the molecule is O=C(O)c1ccncc1NC[C@H]1CCOc2cc(C#CC3(O)CCCC3)ccc21. The van der Waals surface area contributed by atoms with E-state index < -0.39 is 11.6 Å². The molecule has 2 aliphatic rings. The zero-order valence-electron chi connectivity index (χ0n) is 16.1. The minimum atomic E-state index is -0.977. The van der Waals surface area contributed by atoms with E-state index in [4.69, 9.17) is 4.74 Å². The summed E-state index contributed by atoms with van der Waals surface area (Å²) < 4.78 is 5.84. The smallest absolute Gasteiger partial charge is 0.337 e. The van der Waals surface area contributed by atoms with Crippen LogP contribution in [0.25, 0.3) is 0 Å². The predicted molar refractivity (Wildman–Crippen MR) is 109 cm³/mol. The largest absolute Gasteiger partial charge is 0.493 e. The fourth-order valence-electron chi connectivity index (χ4n) is 3.98. The molecular formula is C23H24N2O4. The maximum absolute atomic E-state index is 11.4. The Hall–Kier alpha value is -3.04. The first-order valence-electron chi connectivity index (χ1n) is 9.98. The van der Waals surface area contributed by atoms with Crippen LogP contribution < -0.4 is 10.1 Å². The number of hydrogen-bond acceptors (Lipinski definition) is 5. The van der Waals surface area contributed by atoms with Gasteiger partial charge in [-0.2, -0.15) is 0 Å². The minimum absolute atomic E-state index is 0.196. The average molecular weight is 392 g/mol. The predicted octanol–water partition coefficient (Wildman–Crippen LogP) is 3.41. The molecule has 2 aromatic rings. The van der Waals surface area contributed by atoms with Crippen LogP contribution in [0, 0.1) is 11.8 Å². The van der Waals surface area contributed by atoms with Crippen molar-refractivity contribution in [3.63, 3.8) is 0 Å². The van der Waals surface area contributed by atoms with Crippen LogP contribution in [-0.4, -0.2) is 39.9 Å². The maximum atomic E-state index is 11.4. The van der Waals surface area contributed by atoms with Crippen molar-refractivity contribution in [2.75, 3.05) is 18.5 Å². The lowest BCUT2D eigenvalue weighted by Gasteiger charge is -2.27. The number of carbonyl (C=O) groups is 1. The zero-order chi connectivity index (χ0) is 20.3. The van der Waals surface area contributed by atoms with E-state index >= 15 is 0 Å². The molecule has 0 amide bonds. The highest BCUT2D eigenvalue weighted by Crippen LogP contribution is 2.35. The van der Waals surface area contributed by atoms with Crippen LogP contribution in [0.4, 0.5) is 5.69 Å². The number of hydrogen-bond donors (Lipinski definition) is 3. The molecule has 0 radical (unpaired) electrons. The van der Waals surface area contributed by atoms with Gasteiger partial charge in [-0.3, -0.25) is 4.98 Å². The van der Waals surface area contributed by atoms with Crippen molar-refractivity contribution in [2.24, 2.45) is 0 Å². The number of aromatic nitrogens is 1. The Balaban J connectivity index is 1.49. The number of rotatable bonds is 4. The second-order valence-electron chi connectivity index (χ2n) is 7.68. The lowest BCUT2D eigenvalue weighted by atomic mass is 9.92. The molecule has 6 heteroatoms. The van der Waals surface area contributed by atoms with Gasteiger partial charge >= 0.3 is 5.97 Å². The van der Waals surface area contributed by atoms with Crippen LogP contribution in [-0.2, 0) is 0 Å². The van der Waals surface area contributed by atoms with Crippen molar-refractivity contribution in [1.29, 1.82) is 0 Å². The van der Waals surface area contributed by atoms with Crippen molar-refractivity contribution < 1.29 is 19.7 Å².